The van der Waals surface area contributed by atoms with Crippen LogP contribution in [-0.2, 0) is 0 Å². The van der Waals surface area contributed by atoms with Gasteiger partial charge >= 0.3 is 0 Å². The van der Waals surface area contributed by atoms with E-state index in [1.54, 1.807) is 0 Å². The van der Waals surface area contributed by atoms with Crippen molar-refractivity contribution >= 4 is 34.4 Å². The lowest BCUT2D eigenvalue weighted by Crippen LogP contribution is -2.45. The topological polar surface area (TPSA) is 27.3 Å². The number of para-hydroxylation sites is 1. The maximum absolute atomic E-state index is 5.50. The van der Waals surface area contributed by atoms with Gasteiger partial charge in [0.05, 0.1) is 6.04 Å². The van der Waals surface area contributed by atoms with Gasteiger partial charge in [0.2, 0.25) is 0 Å². The zero-order valence-electron chi connectivity index (χ0n) is 13.4. The molecule has 0 saturated carbocycles. The number of likely N-dealkylation sites (tertiary alicyclic amines) is 1. The molecule has 1 aromatic carbocycles. The molecular weight excluding hydrogens is 322 g/mol. The number of anilines is 1. The number of rotatable bonds is 5. The van der Waals surface area contributed by atoms with Crippen molar-refractivity contribution in [1.29, 1.82) is 0 Å². The fourth-order valence-corrected chi connectivity index (χ4v) is 4.46. The summed E-state index contributed by atoms with van der Waals surface area (Å²) in [6.07, 6.45) is 2.59. The van der Waals surface area contributed by atoms with Crippen LogP contribution in [0.5, 0.6) is 0 Å². The molecule has 0 aliphatic carbocycles. The van der Waals surface area contributed by atoms with E-state index in [0.717, 1.165) is 5.69 Å². The number of thiophene rings is 1. The lowest BCUT2D eigenvalue weighted by molar-refractivity contribution is 0.214. The van der Waals surface area contributed by atoms with Crippen molar-refractivity contribution in [3.05, 3.63) is 52.7 Å². The summed E-state index contributed by atoms with van der Waals surface area (Å²) < 4.78 is 0. The van der Waals surface area contributed by atoms with Crippen LogP contribution in [-0.4, -0.2) is 29.1 Å². The van der Waals surface area contributed by atoms with E-state index in [4.69, 9.17) is 12.2 Å². The number of hydrogen-bond donors (Lipinski definition) is 2. The van der Waals surface area contributed by atoms with E-state index in [1.165, 1.54) is 30.8 Å². The highest BCUT2D eigenvalue weighted by molar-refractivity contribution is 7.80. The lowest BCUT2D eigenvalue weighted by atomic mass is 10.1. The molecule has 1 aliphatic heterocycles. The number of nitrogens with one attached hydrogen (secondary N) is 2. The van der Waals surface area contributed by atoms with Crippen LogP contribution in [0, 0.1) is 0 Å². The second-order valence-electron chi connectivity index (χ2n) is 5.96. The van der Waals surface area contributed by atoms with Crippen LogP contribution in [0.3, 0.4) is 0 Å². The zero-order chi connectivity index (χ0) is 16.1. The monoisotopic (exact) mass is 345 g/mol. The maximum atomic E-state index is 5.50. The first kappa shape index (κ1) is 16.4. The second-order valence-corrected chi connectivity index (χ2v) is 7.34. The molecule has 2 aromatic rings. The highest BCUT2D eigenvalue weighted by Gasteiger charge is 2.29. The summed E-state index contributed by atoms with van der Waals surface area (Å²) in [6.45, 7) is 4.57. The molecule has 0 amide bonds. The van der Waals surface area contributed by atoms with Gasteiger partial charge in [0, 0.05) is 16.6 Å². The Hall–Kier alpha value is -1.43. The van der Waals surface area contributed by atoms with Crippen LogP contribution < -0.4 is 10.6 Å². The van der Waals surface area contributed by atoms with Gasteiger partial charge in [0.1, 0.15) is 0 Å². The van der Waals surface area contributed by atoms with E-state index in [9.17, 15) is 0 Å². The molecule has 1 fully saturated rings. The molecule has 0 spiro atoms. The normalized spacial score (nSPS) is 17.6. The van der Waals surface area contributed by atoms with Crippen LogP contribution in [0.15, 0.2) is 47.8 Å². The number of nitrogens with zero attached hydrogens (tertiary/aromatic N) is 1. The lowest BCUT2D eigenvalue weighted by Gasteiger charge is -2.33. The van der Waals surface area contributed by atoms with Crippen molar-refractivity contribution in [1.82, 2.24) is 10.2 Å². The molecule has 0 radical (unpaired) electrons. The molecule has 2 heterocycles. The maximum Gasteiger partial charge on any atom is 0.171 e. The van der Waals surface area contributed by atoms with E-state index in [2.05, 4.69) is 40.0 Å². The third-order valence-corrected chi connectivity index (χ3v) is 5.40. The van der Waals surface area contributed by atoms with E-state index in [-0.39, 0.29) is 6.04 Å². The molecule has 0 bridgehead atoms. The Kier molecular flexibility index (Phi) is 5.65. The largest absolute Gasteiger partial charge is 0.358 e. The number of benzene rings is 1. The van der Waals surface area contributed by atoms with Gasteiger partial charge in [0.25, 0.3) is 0 Å². The Morgan fingerprint density at radius 1 is 1.13 bits per heavy atom. The molecule has 23 heavy (non-hydrogen) atoms. The quantitative estimate of drug-likeness (QED) is 0.792. The van der Waals surface area contributed by atoms with Crippen LogP contribution in [0.4, 0.5) is 5.69 Å². The summed E-state index contributed by atoms with van der Waals surface area (Å²) >= 11 is 7.33. The third-order valence-electron chi connectivity index (χ3n) is 4.23. The molecule has 3 rings (SSSR count). The summed E-state index contributed by atoms with van der Waals surface area (Å²) in [6, 6.07) is 15.1. The fourth-order valence-electron chi connectivity index (χ4n) is 3.20. The number of thiocarbonyl (C=S) groups is 1. The second kappa shape index (κ2) is 7.90. The van der Waals surface area contributed by atoms with Gasteiger partial charge in [-0.2, -0.15) is 0 Å². The molecule has 3 nitrogen and oxygen atoms in total. The minimum atomic E-state index is 0.260. The molecule has 1 saturated heterocycles. The van der Waals surface area contributed by atoms with Crippen molar-refractivity contribution in [2.45, 2.75) is 31.8 Å². The molecule has 1 aliphatic rings. The van der Waals surface area contributed by atoms with Gasteiger partial charge in [-0.15, -0.1) is 11.3 Å². The zero-order valence-corrected chi connectivity index (χ0v) is 15.0. The predicted octanol–water partition coefficient (Wildman–Crippen LogP) is 4.26. The van der Waals surface area contributed by atoms with Crippen LogP contribution in [0.25, 0.3) is 0 Å². The smallest absolute Gasteiger partial charge is 0.171 e. The summed E-state index contributed by atoms with van der Waals surface area (Å²) in [7, 11) is 0. The highest BCUT2D eigenvalue weighted by Crippen LogP contribution is 2.31. The van der Waals surface area contributed by atoms with Gasteiger partial charge in [-0.25, -0.2) is 0 Å². The van der Waals surface area contributed by atoms with Crippen molar-refractivity contribution in [2.24, 2.45) is 0 Å². The van der Waals surface area contributed by atoms with Gasteiger partial charge in [-0.3, -0.25) is 4.90 Å². The summed E-state index contributed by atoms with van der Waals surface area (Å²) in [5.74, 6) is 0. The SMILES string of the molecule is CC(NC(=S)Nc1ccccc1)C(c1cccs1)N1CCCC1. The Morgan fingerprint density at radius 3 is 2.52 bits per heavy atom. The molecule has 5 heteroatoms. The fraction of sp³-hybridized carbons (Fsp3) is 0.389. The van der Waals surface area contributed by atoms with Crippen molar-refractivity contribution in [2.75, 3.05) is 18.4 Å². The molecular formula is C18H23N3S2. The standard InChI is InChI=1S/C18H23N3S2/c1-14(19-18(22)20-15-8-3-2-4-9-15)17(16-10-7-13-23-16)21-11-5-6-12-21/h2-4,7-10,13-14,17H,5-6,11-12H2,1H3,(H2,19,20,22). The van der Waals surface area contributed by atoms with E-state index < -0.39 is 0 Å². The first-order chi connectivity index (χ1) is 11.2. The average molecular weight is 346 g/mol. The van der Waals surface area contributed by atoms with Crippen molar-refractivity contribution in [3.63, 3.8) is 0 Å². The predicted molar refractivity (Wildman–Crippen MR) is 103 cm³/mol. The Morgan fingerprint density at radius 2 is 1.87 bits per heavy atom. The van der Waals surface area contributed by atoms with E-state index >= 15 is 0 Å². The highest BCUT2D eigenvalue weighted by atomic mass is 32.1. The summed E-state index contributed by atoms with van der Waals surface area (Å²) in [5.41, 5.74) is 1.02. The van der Waals surface area contributed by atoms with Crippen LogP contribution in [0.1, 0.15) is 30.7 Å². The first-order valence-electron chi connectivity index (χ1n) is 8.14. The van der Waals surface area contributed by atoms with Crippen LogP contribution in [0.2, 0.25) is 0 Å². The van der Waals surface area contributed by atoms with Crippen LogP contribution >= 0.6 is 23.6 Å². The Balaban J connectivity index is 1.66. The number of hydrogen-bond acceptors (Lipinski definition) is 3. The third kappa shape index (κ3) is 4.31. The molecule has 2 unspecified atom stereocenters. The van der Waals surface area contributed by atoms with Gasteiger partial charge in [-0.05, 0) is 68.7 Å². The minimum absolute atomic E-state index is 0.260. The molecule has 122 valence electrons. The van der Waals surface area contributed by atoms with Crippen molar-refractivity contribution < 1.29 is 0 Å². The van der Waals surface area contributed by atoms with E-state index in [0.29, 0.717) is 11.2 Å². The summed E-state index contributed by atoms with van der Waals surface area (Å²) in [5, 5.41) is 9.59. The molecule has 2 atom stereocenters. The Labute approximate surface area is 147 Å². The first-order valence-corrected chi connectivity index (χ1v) is 9.43. The molecule has 1 aromatic heterocycles. The van der Waals surface area contributed by atoms with Gasteiger partial charge in [-0.1, -0.05) is 24.3 Å². The van der Waals surface area contributed by atoms with Gasteiger partial charge in [0.15, 0.2) is 5.11 Å². The summed E-state index contributed by atoms with van der Waals surface area (Å²) in [4.78, 5) is 3.99. The Bertz CT molecular complexity index is 606. The molecule has 2 N–H and O–H groups in total. The van der Waals surface area contributed by atoms with E-state index in [1.807, 2.05) is 41.7 Å². The van der Waals surface area contributed by atoms with Crippen molar-refractivity contribution in [3.8, 4) is 0 Å². The minimum Gasteiger partial charge on any atom is -0.358 e. The average Bonchev–Trinajstić information content (AvgIpc) is 3.22. The van der Waals surface area contributed by atoms with Gasteiger partial charge < -0.3 is 10.6 Å².